The molecule has 0 rings (SSSR count). The lowest BCUT2D eigenvalue weighted by Crippen LogP contribution is -2.06. The van der Waals surface area contributed by atoms with E-state index in [0.29, 0.717) is 0 Å². The van der Waals surface area contributed by atoms with E-state index in [1.807, 2.05) is 7.05 Å². The molecule has 0 spiro atoms. The average molecular weight is 100 g/mol. The zero-order chi connectivity index (χ0) is 4.83. The highest BCUT2D eigenvalue weighted by molar-refractivity contribution is 6.08. The first kappa shape index (κ1) is 6.18. The fourth-order valence-electron chi connectivity index (χ4n) is 0.265. The van der Waals surface area contributed by atoms with E-state index < -0.39 is 0 Å². The van der Waals surface area contributed by atoms with Crippen LogP contribution < -0.4 is 5.32 Å². The fraction of sp³-hybridized carbons (Fsp3) is 1.00. The van der Waals surface area contributed by atoms with Crippen molar-refractivity contribution >= 4 is 10.2 Å². The van der Waals surface area contributed by atoms with Crippen LogP contribution in [0, 0.1) is 0 Å². The van der Waals surface area contributed by atoms with Gasteiger partial charge in [-0.25, -0.2) is 0 Å². The van der Waals surface area contributed by atoms with Gasteiger partial charge in [0.2, 0.25) is 0 Å². The van der Waals surface area contributed by atoms with Crippen molar-refractivity contribution in [1.29, 1.82) is 0 Å². The van der Waals surface area contributed by atoms with Gasteiger partial charge in [-0.05, 0) is 20.0 Å². The Morgan fingerprint density at radius 1 is 1.67 bits per heavy atom. The van der Waals surface area contributed by atoms with Crippen LogP contribution in [-0.4, -0.2) is 23.8 Å². The zero-order valence-electron chi connectivity index (χ0n) is 4.12. The van der Waals surface area contributed by atoms with Gasteiger partial charge < -0.3 is 5.32 Å². The van der Waals surface area contributed by atoms with Crippen LogP contribution in [0.3, 0.4) is 0 Å². The van der Waals surface area contributed by atoms with Crippen LogP contribution in [0.1, 0.15) is 6.42 Å². The highest BCUT2D eigenvalue weighted by atomic mass is 28.1. The predicted octanol–water partition coefficient (Wildman–Crippen LogP) is 0.183. The predicted molar refractivity (Wildman–Crippen MR) is 29.1 cm³/mol. The van der Waals surface area contributed by atoms with Gasteiger partial charge in [0.15, 0.2) is 0 Å². The quantitative estimate of drug-likeness (QED) is 0.394. The molecule has 3 radical (unpaired) electrons. The number of nitrogens with one attached hydrogen (secondary N) is 1. The van der Waals surface area contributed by atoms with E-state index in [9.17, 15) is 0 Å². The Morgan fingerprint density at radius 3 is 2.50 bits per heavy atom. The van der Waals surface area contributed by atoms with Crippen molar-refractivity contribution in [3.63, 3.8) is 0 Å². The van der Waals surface area contributed by atoms with Crippen LogP contribution in [0.25, 0.3) is 0 Å². The molecule has 2 heteroatoms. The normalized spacial score (nSPS) is 9.00. The summed E-state index contributed by atoms with van der Waals surface area (Å²) in [7, 11) is 5.31. The van der Waals surface area contributed by atoms with E-state index in [4.69, 9.17) is 0 Å². The Morgan fingerprint density at radius 2 is 2.33 bits per heavy atom. The van der Waals surface area contributed by atoms with Gasteiger partial charge in [0.25, 0.3) is 0 Å². The monoisotopic (exact) mass is 100 g/mol. The summed E-state index contributed by atoms with van der Waals surface area (Å²) in [5, 5.41) is 3.04. The Kier molecular flexibility index (Phi) is 5.33. The molecule has 0 unspecified atom stereocenters. The Hall–Kier alpha value is 0.177. The molecule has 0 saturated heterocycles. The molecule has 6 heavy (non-hydrogen) atoms. The molecule has 35 valence electrons. The van der Waals surface area contributed by atoms with Crippen LogP contribution in [0.5, 0.6) is 0 Å². The summed E-state index contributed by atoms with van der Waals surface area (Å²) >= 11 is 0. The molecule has 0 aromatic rings. The van der Waals surface area contributed by atoms with Crippen molar-refractivity contribution in [3.8, 4) is 0 Å². The van der Waals surface area contributed by atoms with Crippen molar-refractivity contribution < 1.29 is 0 Å². The van der Waals surface area contributed by atoms with Gasteiger partial charge in [0, 0.05) is 10.2 Å². The second kappa shape index (κ2) is 5.18. The molecule has 1 nitrogen and oxygen atoms in total. The first-order valence-corrected chi connectivity index (χ1v) is 2.91. The maximum absolute atomic E-state index is 3.35. The average Bonchev–Trinajstić information content (AvgIpc) is 1.61. The maximum Gasteiger partial charge on any atom is 0.0222 e. The Labute approximate surface area is 42.6 Å². The first-order chi connectivity index (χ1) is 2.91. The van der Waals surface area contributed by atoms with Crippen LogP contribution in [0.4, 0.5) is 0 Å². The van der Waals surface area contributed by atoms with E-state index in [1.165, 1.54) is 6.42 Å². The van der Waals surface area contributed by atoms with E-state index in [-0.39, 0.29) is 0 Å². The fourth-order valence-corrected chi connectivity index (χ4v) is 0.442. The highest BCUT2D eigenvalue weighted by Gasteiger charge is 1.73. The lowest BCUT2D eigenvalue weighted by Gasteiger charge is -1.89. The van der Waals surface area contributed by atoms with Gasteiger partial charge in [0.05, 0.1) is 0 Å². The molecule has 0 atom stereocenters. The molecule has 0 saturated carbocycles. The lowest BCUT2D eigenvalue weighted by molar-refractivity contribution is 0.771. The van der Waals surface area contributed by atoms with Crippen LogP contribution >= 0.6 is 0 Å². The van der Waals surface area contributed by atoms with Crippen LogP contribution in [0.2, 0.25) is 6.04 Å². The molecular formula is C4H10NSi. The topological polar surface area (TPSA) is 12.0 Å². The summed E-state index contributed by atoms with van der Waals surface area (Å²) < 4.78 is 0. The summed E-state index contributed by atoms with van der Waals surface area (Å²) in [5.41, 5.74) is 0. The standard InChI is InChI=1S/C4H10NSi/c1-5-3-2-4-6/h5H,2-4H2,1H3. The largest absolute Gasteiger partial charge is 0.320 e. The summed E-state index contributed by atoms with van der Waals surface area (Å²) in [6, 6.07) is 1.10. The van der Waals surface area contributed by atoms with Gasteiger partial charge in [-0.15, -0.1) is 0 Å². The highest BCUT2D eigenvalue weighted by Crippen LogP contribution is 1.76. The van der Waals surface area contributed by atoms with E-state index in [0.717, 1.165) is 12.6 Å². The minimum Gasteiger partial charge on any atom is -0.320 e. The summed E-state index contributed by atoms with van der Waals surface area (Å²) in [6.07, 6.45) is 1.22. The molecule has 0 fully saturated rings. The van der Waals surface area contributed by atoms with Crippen molar-refractivity contribution in [2.75, 3.05) is 13.6 Å². The molecule has 0 aliphatic carbocycles. The molecular weight excluding hydrogens is 90.1 g/mol. The number of rotatable bonds is 3. The summed E-state index contributed by atoms with van der Waals surface area (Å²) in [6.45, 7) is 1.11. The van der Waals surface area contributed by atoms with Gasteiger partial charge in [-0.1, -0.05) is 6.04 Å². The van der Waals surface area contributed by atoms with Gasteiger partial charge in [0.1, 0.15) is 0 Å². The molecule has 0 amide bonds. The maximum atomic E-state index is 3.35. The number of hydrogen-bond donors (Lipinski definition) is 1. The zero-order valence-corrected chi connectivity index (χ0v) is 5.12. The molecule has 1 N–H and O–H groups in total. The van der Waals surface area contributed by atoms with Crippen molar-refractivity contribution in [3.05, 3.63) is 0 Å². The SMILES string of the molecule is CNCCC[Si]. The number of hydrogen-bond acceptors (Lipinski definition) is 1. The molecule has 0 bridgehead atoms. The molecule has 0 aromatic carbocycles. The van der Waals surface area contributed by atoms with Crippen molar-refractivity contribution in [2.24, 2.45) is 0 Å². The van der Waals surface area contributed by atoms with Gasteiger partial charge in [-0.3, -0.25) is 0 Å². The second-order valence-electron chi connectivity index (χ2n) is 1.21. The van der Waals surface area contributed by atoms with Crippen LogP contribution in [0.15, 0.2) is 0 Å². The lowest BCUT2D eigenvalue weighted by atomic mass is 10.5. The van der Waals surface area contributed by atoms with E-state index in [2.05, 4.69) is 15.6 Å². The summed E-state index contributed by atoms with van der Waals surface area (Å²) in [4.78, 5) is 0. The van der Waals surface area contributed by atoms with Gasteiger partial charge in [-0.2, -0.15) is 0 Å². The smallest absolute Gasteiger partial charge is 0.0222 e. The summed E-state index contributed by atoms with van der Waals surface area (Å²) in [5.74, 6) is 0. The van der Waals surface area contributed by atoms with Crippen molar-refractivity contribution in [2.45, 2.75) is 12.5 Å². The van der Waals surface area contributed by atoms with Crippen LogP contribution in [-0.2, 0) is 0 Å². The molecule has 0 aliphatic heterocycles. The first-order valence-electron chi connectivity index (χ1n) is 2.21. The van der Waals surface area contributed by atoms with E-state index >= 15 is 0 Å². The van der Waals surface area contributed by atoms with E-state index in [1.54, 1.807) is 0 Å². The Balaban J connectivity index is 2.34. The second-order valence-corrected chi connectivity index (χ2v) is 1.71. The Bertz CT molecular complexity index is 19.5. The third kappa shape index (κ3) is 4.18. The molecule has 0 aliphatic rings. The third-order valence-electron chi connectivity index (χ3n) is 0.604. The minimum absolute atomic E-state index is 1.10. The van der Waals surface area contributed by atoms with Gasteiger partial charge >= 0.3 is 0 Å². The minimum atomic E-state index is 1.10. The molecule has 0 heterocycles. The van der Waals surface area contributed by atoms with Crippen molar-refractivity contribution in [1.82, 2.24) is 5.32 Å². The third-order valence-corrected chi connectivity index (χ3v) is 0.957. The molecule has 0 aromatic heterocycles.